The van der Waals surface area contributed by atoms with Crippen LogP contribution in [0.5, 0.6) is 0 Å². The molecule has 118 valence electrons. The molecule has 4 aromatic rings. The SMILES string of the molecule is Cc1nnc2c3ccccc3nc(Nc3ccccc3C(=O)[O-])n12. The van der Waals surface area contributed by atoms with E-state index >= 15 is 0 Å². The summed E-state index contributed by atoms with van der Waals surface area (Å²) in [5.74, 6) is -0.160. The lowest BCUT2D eigenvalue weighted by atomic mass is 10.2. The number of carbonyl (C=O) groups is 1. The normalized spacial score (nSPS) is 11.0. The molecule has 2 aromatic heterocycles. The second-order valence-corrected chi connectivity index (χ2v) is 5.32. The predicted molar refractivity (Wildman–Crippen MR) is 87.1 cm³/mol. The maximum absolute atomic E-state index is 11.3. The molecule has 1 N–H and O–H groups in total. The zero-order valence-electron chi connectivity index (χ0n) is 12.7. The number of carbonyl (C=O) groups excluding carboxylic acids is 1. The first-order valence-corrected chi connectivity index (χ1v) is 7.33. The fourth-order valence-corrected chi connectivity index (χ4v) is 2.69. The van der Waals surface area contributed by atoms with Gasteiger partial charge in [0.15, 0.2) is 5.65 Å². The zero-order valence-corrected chi connectivity index (χ0v) is 12.7. The topological polar surface area (TPSA) is 95.2 Å². The number of hydrogen-bond acceptors (Lipinski definition) is 6. The standard InChI is InChI=1S/C17H13N5O2/c1-10-20-21-15-11-6-2-4-8-13(11)18-17(22(10)15)19-14-9-5-3-7-12(14)16(23)24/h2-9H,1H3,(H,18,19)(H,23,24)/p-1. The van der Waals surface area contributed by atoms with E-state index < -0.39 is 5.97 Å². The summed E-state index contributed by atoms with van der Waals surface area (Å²) >= 11 is 0. The summed E-state index contributed by atoms with van der Waals surface area (Å²) in [6.07, 6.45) is 0. The van der Waals surface area contributed by atoms with Gasteiger partial charge in [0.05, 0.1) is 11.5 Å². The molecule has 0 radical (unpaired) electrons. The van der Waals surface area contributed by atoms with Gasteiger partial charge < -0.3 is 15.2 Å². The number of aryl methyl sites for hydroxylation is 1. The van der Waals surface area contributed by atoms with Crippen molar-refractivity contribution in [3.63, 3.8) is 0 Å². The van der Waals surface area contributed by atoms with Crippen LogP contribution in [-0.2, 0) is 0 Å². The molecule has 4 rings (SSSR count). The van der Waals surface area contributed by atoms with Crippen LogP contribution in [0, 0.1) is 6.92 Å². The Morgan fingerprint density at radius 3 is 2.67 bits per heavy atom. The third kappa shape index (κ3) is 2.14. The van der Waals surface area contributed by atoms with E-state index in [0.29, 0.717) is 23.1 Å². The Labute approximate surface area is 136 Å². The second kappa shape index (κ2) is 5.31. The van der Waals surface area contributed by atoms with Crippen LogP contribution >= 0.6 is 0 Å². The molecule has 0 bridgehead atoms. The molecule has 2 heterocycles. The van der Waals surface area contributed by atoms with Gasteiger partial charge >= 0.3 is 0 Å². The van der Waals surface area contributed by atoms with E-state index in [4.69, 9.17) is 0 Å². The number of aromatic nitrogens is 4. The molecule has 0 fully saturated rings. The van der Waals surface area contributed by atoms with Crippen LogP contribution in [0.15, 0.2) is 48.5 Å². The minimum absolute atomic E-state index is 0.0614. The van der Waals surface area contributed by atoms with E-state index in [1.54, 1.807) is 22.6 Å². The van der Waals surface area contributed by atoms with Gasteiger partial charge in [-0.2, -0.15) is 0 Å². The van der Waals surface area contributed by atoms with Gasteiger partial charge in [0.2, 0.25) is 5.95 Å². The van der Waals surface area contributed by atoms with E-state index in [2.05, 4.69) is 20.5 Å². The number of carboxylic acids is 1. The van der Waals surface area contributed by atoms with Gasteiger partial charge in [0, 0.05) is 16.6 Å². The summed E-state index contributed by atoms with van der Waals surface area (Å²) < 4.78 is 1.76. The summed E-state index contributed by atoms with van der Waals surface area (Å²) in [5, 5.41) is 23.6. The number of anilines is 2. The summed E-state index contributed by atoms with van der Waals surface area (Å²) in [5.41, 5.74) is 1.86. The van der Waals surface area contributed by atoms with E-state index in [-0.39, 0.29) is 5.56 Å². The molecular formula is C17H12N5O2-. The number of fused-ring (bicyclic) bond motifs is 3. The van der Waals surface area contributed by atoms with Crippen LogP contribution in [0.3, 0.4) is 0 Å². The first kappa shape index (κ1) is 14.1. The second-order valence-electron chi connectivity index (χ2n) is 5.32. The number of aromatic carboxylic acids is 1. The molecule has 0 aliphatic heterocycles. The molecule has 0 amide bonds. The van der Waals surface area contributed by atoms with Crippen LogP contribution < -0.4 is 10.4 Å². The highest BCUT2D eigenvalue weighted by atomic mass is 16.4. The number of nitrogens with zero attached hydrogens (tertiary/aromatic N) is 4. The Kier molecular flexibility index (Phi) is 3.13. The van der Waals surface area contributed by atoms with E-state index in [0.717, 1.165) is 10.9 Å². The molecule has 0 unspecified atom stereocenters. The van der Waals surface area contributed by atoms with Gasteiger partial charge in [-0.1, -0.05) is 30.3 Å². The Hall–Kier alpha value is -3.48. The Morgan fingerprint density at radius 1 is 1.08 bits per heavy atom. The molecule has 0 saturated heterocycles. The fraction of sp³-hybridized carbons (Fsp3) is 0.0588. The predicted octanol–water partition coefficient (Wildman–Crippen LogP) is 1.69. The lowest BCUT2D eigenvalue weighted by Crippen LogP contribution is -2.23. The van der Waals surface area contributed by atoms with Gasteiger partial charge in [0.25, 0.3) is 0 Å². The summed E-state index contributed by atoms with van der Waals surface area (Å²) in [7, 11) is 0. The Morgan fingerprint density at radius 2 is 1.83 bits per heavy atom. The molecule has 0 aliphatic rings. The molecular weight excluding hydrogens is 306 g/mol. The molecule has 7 heteroatoms. The van der Waals surface area contributed by atoms with Crippen LogP contribution in [0.25, 0.3) is 16.6 Å². The number of rotatable bonds is 3. The fourth-order valence-electron chi connectivity index (χ4n) is 2.69. The highest BCUT2D eigenvalue weighted by Crippen LogP contribution is 2.25. The summed E-state index contributed by atoms with van der Waals surface area (Å²) in [6.45, 7) is 1.81. The van der Waals surface area contributed by atoms with Crippen molar-refractivity contribution in [2.75, 3.05) is 5.32 Å². The number of carboxylic acid groups (broad SMARTS) is 1. The van der Waals surface area contributed by atoms with Crippen molar-refractivity contribution in [3.05, 3.63) is 59.9 Å². The van der Waals surface area contributed by atoms with E-state index in [1.165, 1.54) is 6.07 Å². The smallest absolute Gasteiger partial charge is 0.215 e. The summed E-state index contributed by atoms with van der Waals surface area (Å²) in [6, 6.07) is 14.1. The highest BCUT2D eigenvalue weighted by Gasteiger charge is 2.13. The van der Waals surface area contributed by atoms with Gasteiger partial charge in [0.1, 0.15) is 5.82 Å². The van der Waals surface area contributed by atoms with Crippen molar-refractivity contribution in [2.24, 2.45) is 0 Å². The van der Waals surface area contributed by atoms with Crippen molar-refractivity contribution >= 4 is 34.2 Å². The number of hydrogen-bond donors (Lipinski definition) is 1. The van der Waals surface area contributed by atoms with Gasteiger partial charge in [-0.25, -0.2) is 9.38 Å². The van der Waals surface area contributed by atoms with Crippen LogP contribution in [0.4, 0.5) is 11.6 Å². The lowest BCUT2D eigenvalue weighted by molar-refractivity contribution is -0.254. The van der Waals surface area contributed by atoms with Crippen LogP contribution in [0.2, 0.25) is 0 Å². The first-order chi connectivity index (χ1) is 11.6. The molecule has 0 saturated carbocycles. The van der Waals surface area contributed by atoms with Crippen LogP contribution in [0.1, 0.15) is 16.2 Å². The first-order valence-electron chi connectivity index (χ1n) is 7.33. The lowest BCUT2D eigenvalue weighted by Gasteiger charge is -2.14. The molecule has 0 spiro atoms. The zero-order chi connectivity index (χ0) is 16.7. The average Bonchev–Trinajstić information content (AvgIpc) is 2.98. The quantitative estimate of drug-likeness (QED) is 0.617. The van der Waals surface area contributed by atoms with Crippen molar-refractivity contribution in [1.29, 1.82) is 0 Å². The molecule has 0 aliphatic carbocycles. The number of benzene rings is 2. The monoisotopic (exact) mass is 318 g/mol. The minimum atomic E-state index is -1.25. The third-order valence-corrected chi connectivity index (χ3v) is 3.80. The molecule has 0 atom stereocenters. The third-order valence-electron chi connectivity index (χ3n) is 3.80. The summed E-state index contributed by atoms with van der Waals surface area (Å²) in [4.78, 5) is 15.9. The minimum Gasteiger partial charge on any atom is -0.545 e. The van der Waals surface area contributed by atoms with Gasteiger partial charge in [-0.15, -0.1) is 10.2 Å². The van der Waals surface area contributed by atoms with Crippen molar-refractivity contribution in [3.8, 4) is 0 Å². The highest BCUT2D eigenvalue weighted by molar-refractivity contribution is 5.95. The molecule has 2 aromatic carbocycles. The number of nitrogens with one attached hydrogen (secondary N) is 1. The van der Waals surface area contributed by atoms with E-state index in [1.807, 2.05) is 31.2 Å². The Bertz CT molecular complexity index is 1090. The maximum Gasteiger partial charge on any atom is 0.215 e. The Balaban J connectivity index is 1.96. The average molecular weight is 318 g/mol. The maximum atomic E-state index is 11.3. The van der Waals surface area contributed by atoms with Crippen molar-refractivity contribution < 1.29 is 9.90 Å². The van der Waals surface area contributed by atoms with Crippen molar-refractivity contribution in [2.45, 2.75) is 6.92 Å². The van der Waals surface area contributed by atoms with E-state index in [9.17, 15) is 9.90 Å². The van der Waals surface area contributed by atoms with Crippen molar-refractivity contribution in [1.82, 2.24) is 19.6 Å². The largest absolute Gasteiger partial charge is 0.545 e. The number of para-hydroxylation sites is 2. The van der Waals surface area contributed by atoms with Gasteiger partial charge in [-0.3, -0.25) is 0 Å². The van der Waals surface area contributed by atoms with Gasteiger partial charge in [-0.05, 0) is 25.1 Å². The molecule has 24 heavy (non-hydrogen) atoms. The van der Waals surface area contributed by atoms with Crippen LogP contribution in [-0.4, -0.2) is 25.6 Å². The molecule has 7 nitrogen and oxygen atoms in total.